The molecule has 3 aromatic rings. The number of benzene rings is 3. The van der Waals surface area contributed by atoms with E-state index in [1.54, 1.807) is 12.1 Å². The number of carbonyl (C=O) groups is 3. The Morgan fingerprint density at radius 2 is 1.27 bits per heavy atom. The molecule has 0 saturated heterocycles. The van der Waals surface area contributed by atoms with Crippen molar-refractivity contribution < 1.29 is 19.1 Å². The van der Waals surface area contributed by atoms with Crippen LogP contribution in [0.25, 0.3) is 22.3 Å². The highest BCUT2D eigenvalue weighted by molar-refractivity contribution is 6.68. The quantitative estimate of drug-likeness (QED) is 0.384. The van der Waals surface area contributed by atoms with Gasteiger partial charge in [0, 0.05) is 16.7 Å². The van der Waals surface area contributed by atoms with Crippen LogP contribution < -0.4 is 0 Å². The van der Waals surface area contributed by atoms with E-state index < -0.39 is 17.2 Å². The average Bonchev–Trinajstić information content (AvgIpc) is 2.95. The van der Waals surface area contributed by atoms with Crippen molar-refractivity contribution >= 4 is 28.8 Å². The maximum absolute atomic E-state index is 12.4. The van der Waals surface area contributed by atoms with Crippen molar-refractivity contribution in [2.75, 3.05) is 0 Å². The van der Waals surface area contributed by atoms with Crippen LogP contribution in [0.5, 0.6) is 0 Å². The molecule has 3 aromatic carbocycles. The normalized spacial score (nSPS) is 12.7. The van der Waals surface area contributed by atoms with Gasteiger partial charge >= 0.3 is 11.9 Å². The molecule has 0 aliphatic carbocycles. The predicted molar refractivity (Wildman–Crippen MR) is 97.2 cm³/mol. The smallest absolute Gasteiger partial charge is 0.347 e. The number of ether oxygens (including phenoxy) is 1. The molecule has 0 saturated carbocycles. The highest BCUT2D eigenvalue weighted by Crippen LogP contribution is 2.42. The van der Waals surface area contributed by atoms with E-state index in [0.29, 0.717) is 22.3 Å². The van der Waals surface area contributed by atoms with E-state index in [0.717, 1.165) is 0 Å². The second-order valence-electron chi connectivity index (χ2n) is 5.78. The molecule has 0 radical (unpaired) electrons. The minimum absolute atomic E-state index is 0.0533. The zero-order chi connectivity index (χ0) is 18.3. The summed E-state index contributed by atoms with van der Waals surface area (Å²) in [6.45, 7) is 0. The van der Waals surface area contributed by atoms with Gasteiger partial charge < -0.3 is 4.74 Å². The fraction of sp³-hybridized carbons (Fsp3) is 0. The second kappa shape index (κ2) is 6.24. The van der Waals surface area contributed by atoms with E-state index in [-0.39, 0.29) is 16.7 Å². The van der Waals surface area contributed by atoms with Gasteiger partial charge in [0.15, 0.2) is 0 Å². The molecular formula is C21H11ClO4. The molecule has 1 aliphatic heterocycles. The number of carbonyl (C=O) groups excluding carboxylic acids is 3. The zero-order valence-corrected chi connectivity index (χ0v) is 14.1. The van der Waals surface area contributed by atoms with E-state index >= 15 is 0 Å². The van der Waals surface area contributed by atoms with Gasteiger partial charge in [-0.25, -0.2) is 9.59 Å². The molecule has 0 aromatic heterocycles. The topological polar surface area (TPSA) is 60.4 Å². The van der Waals surface area contributed by atoms with Crippen LogP contribution in [0.4, 0.5) is 0 Å². The number of esters is 2. The molecule has 0 fully saturated rings. The fourth-order valence-electron chi connectivity index (χ4n) is 3.20. The van der Waals surface area contributed by atoms with Crippen LogP contribution in [0.2, 0.25) is 0 Å². The molecule has 1 heterocycles. The molecule has 0 amide bonds. The summed E-state index contributed by atoms with van der Waals surface area (Å²) in [5, 5.41) is -0.712. The minimum Gasteiger partial charge on any atom is -0.386 e. The Bertz CT molecular complexity index is 1060. The number of rotatable bonds is 3. The maximum Gasteiger partial charge on any atom is 0.347 e. The van der Waals surface area contributed by atoms with Gasteiger partial charge in [-0.1, -0.05) is 60.7 Å². The summed E-state index contributed by atoms with van der Waals surface area (Å²) < 4.78 is 4.79. The fourth-order valence-corrected chi connectivity index (χ4v) is 3.35. The highest BCUT2D eigenvalue weighted by Gasteiger charge is 2.36. The van der Waals surface area contributed by atoms with Gasteiger partial charge in [-0.05, 0) is 28.8 Å². The summed E-state index contributed by atoms with van der Waals surface area (Å²) in [5.74, 6) is -1.50. The summed E-state index contributed by atoms with van der Waals surface area (Å²) >= 11 is 5.83. The molecule has 26 heavy (non-hydrogen) atoms. The molecule has 1 aliphatic rings. The average molecular weight is 363 g/mol. The number of cyclic esters (lactones) is 2. The van der Waals surface area contributed by atoms with Crippen LogP contribution in [-0.4, -0.2) is 17.2 Å². The van der Waals surface area contributed by atoms with Gasteiger partial charge in [-0.3, -0.25) is 4.79 Å². The van der Waals surface area contributed by atoms with Crippen LogP contribution >= 0.6 is 11.6 Å². The van der Waals surface area contributed by atoms with E-state index in [9.17, 15) is 14.4 Å². The highest BCUT2D eigenvalue weighted by atomic mass is 35.5. The Kier molecular flexibility index (Phi) is 3.90. The first-order valence-corrected chi connectivity index (χ1v) is 8.24. The zero-order valence-electron chi connectivity index (χ0n) is 13.4. The van der Waals surface area contributed by atoms with Crippen molar-refractivity contribution in [3.63, 3.8) is 0 Å². The first-order chi connectivity index (χ1) is 12.6. The molecule has 0 bridgehead atoms. The number of halogens is 1. The standard InChI is InChI=1S/C21H11ClO4/c22-19(23)14-11-15-18(21(25)26-20(15)24)17(13-9-5-2-6-10-13)16(14)12-7-3-1-4-8-12/h1-11H. The molecule has 4 rings (SSSR count). The molecule has 5 heteroatoms. The van der Waals surface area contributed by atoms with Crippen molar-refractivity contribution in [2.24, 2.45) is 0 Å². The number of fused-ring (bicyclic) bond motifs is 1. The van der Waals surface area contributed by atoms with Crippen molar-refractivity contribution in [1.82, 2.24) is 0 Å². The van der Waals surface area contributed by atoms with Crippen LogP contribution in [0, 0.1) is 0 Å². The number of hydrogen-bond donors (Lipinski definition) is 0. The van der Waals surface area contributed by atoms with Crippen LogP contribution in [0.15, 0.2) is 66.7 Å². The van der Waals surface area contributed by atoms with Crippen LogP contribution in [0.3, 0.4) is 0 Å². The molecule has 0 atom stereocenters. The number of hydrogen-bond acceptors (Lipinski definition) is 4. The van der Waals surface area contributed by atoms with Crippen molar-refractivity contribution in [3.8, 4) is 22.3 Å². The summed E-state index contributed by atoms with van der Waals surface area (Å²) in [6.07, 6.45) is 0. The maximum atomic E-state index is 12.4. The third kappa shape index (κ3) is 2.52. The van der Waals surface area contributed by atoms with Crippen molar-refractivity contribution in [2.45, 2.75) is 0 Å². The molecule has 4 nitrogen and oxygen atoms in total. The second-order valence-corrected chi connectivity index (χ2v) is 6.12. The summed E-state index contributed by atoms with van der Waals surface area (Å²) in [6, 6.07) is 19.5. The van der Waals surface area contributed by atoms with Gasteiger partial charge in [0.05, 0.1) is 11.1 Å². The molecule has 0 unspecified atom stereocenters. The largest absolute Gasteiger partial charge is 0.386 e. The lowest BCUT2D eigenvalue weighted by atomic mass is 9.85. The third-order valence-electron chi connectivity index (χ3n) is 4.27. The summed E-state index contributed by atoms with van der Waals surface area (Å²) in [7, 11) is 0. The Labute approximate surface area is 154 Å². The summed E-state index contributed by atoms with van der Waals surface area (Å²) in [4.78, 5) is 36.6. The third-order valence-corrected chi connectivity index (χ3v) is 4.48. The molecule has 0 N–H and O–H groups in total. The van der Waals surface area contributed by atoms with E-state index in [4.69, 9.17) is 16.3 Å². The van der Waals surface area contributed by atoms with E-state index in [1.165, 1.54) is 6.07 Å². The lowest BCUT2D eigenvalue weighted by molar-refractivity contribution is 0.0444. The molecular weight excluding hydrogens is 352 g/mol. The van der Waals surface area contributed by atoms with Crippen molar-refractivity contribution in [1.29, 1.82) is 0 Å². The molecule has 0 spiro atoms. The SMILES string of the molecule is O=C1OC(=O)c2c1cc(C(=O)Cl)c(-c1ccccc1)c2-c1ccccc1. The Balaban J connectivity index is 2.19. The Hall–Kier alpha value is -3.24. The van der Waals surface area contributed by atoms with Crippen molar-refractivity contribution in [3.05, 3.63) is 83.4 Å². The van der Waals surface area contributed by atoms with Gasteiger partial charge in [0.2, 0.25) is 0 Å². The van der Waals surface area contributed by atoms with Crippen LogP contribution in [0.1, 0.15) is 31.1 Å². The lowest BCUT2D eigenvalue weighted by Gasteiger charge is -2.16. The van der Waals surface area contributed by atoms with E-state index in [2.05, 4.69) is 0 Å². The first kappa shape index (κ1) is 16.2. The van der Waals surface area contributed by atoms with Gasteiger partial charge in [-0.15, -0.1) is 0 Å². The first-order valence-electron chi connectivity index (χ1n) is 7.86. The van der Waals surface area contributed by atoms with Gasteiger partial charge in [0.1, 0.15) is 0 Å². The van der Waals surface area contributed by atoms with Gasteiger partial charge in [-0.2, -0.15) is 0 Å². The monoisotopic (exact) mass is 362 g/mol. The van der Waals surface area contributed by atoms with E-state index in [1.807, 2.05) is 48.5 Å². The molecule has 126 valence electrons. The lowest BCUT2D eigenvalue weighted by Crippen LogP contribution is -2.05. The summed E-state index contributed by atoms with van der Waals surface area (Å²) in [5.41, 5.74) is 2.73. The minimum atomic E-state index is -0.777. The Morgan fingerprint density at radius 3 is 1.81 bits per heavy atom. The van der Waals surface area contributed by atoms with Crippen LogP contribution in [-0.2, 0) is 4.74 Å². The predicted octanol–water partition coefficient (Wildman–Crippen LogP) is 4.71. The Morgan fingerprint density at radius 1 is 0.731 bits per heavy atom. The van der Waals surface area contributed by atoms with Gasteiger partial charge in [0.25, 0.3) is 5.24 Å².